The molecule has 6 N–H and O–H groups in total. The molecule has 1 heterocycles. The molecule has 0 spiro atoms. The predicted octanol–water partition coefficient (Wildman–Crippen LogP) is 0.329. The van der Waals surface area contributed by atoms with Gasteiger partial charge >= 0.3 is 5.97 Å². The number of carbonyl (C=O) groups is 3. The molecule has 1 unspecified atom stereocenters. The van der Waals surface area contributed by atoms with Crippen molar-refractivity contribution in [3.8, 4) is 0 Å². The number of amides is 2. The normalized spacial score (nSPS) is 17.1. The Hall–Kier alpha value is -3.76. The smallest absolute Gasteiger partial charge is 0.307 e. The minimum Gasteiger partial charge on any atom is -0.481 e. The SMILES string of the molecule is N=C(N)c1ccc(NC(=O)C(O)[C@H]2OCCN(c3cccc(CC(=O)O)c3)C2=O)cc1. The second kappa shape index (κ2) is 9.37. The van der Waals surface area contributed by atoms with Crippen LogP contribution in [0.15, 0.2) is 48.5 Å². The first kappa shape index (κ1) is 21.9. The first-order chi connectivity index (χ1) is 14.8. The standard InChI is InChI=1S/C21H22N4O6/c22-19(23)13-4-6-14(7-5-13)24-20(29)17(28)18-21(30)25(8-9-31-18)15-3-1-2-12(10-15)11-16(26)27/h1-7,10,17-18,28H,8-9,11H2,(H3,22,23)(H,24,29)(H,26,27)/t17?,18-/m1/s1. The summed E-state index contributed by atoms with van der Waals surface area (Å²) in [6.07, 6.45) is -3.36. The van der Waals surface area contributed by atoms with E-state index in [1.54, 1.807) is 36.4 Å². The molecular weight excluding hydrogens is 404 g/mol. The number of carboxylic acid groups (broad SMARTS) is 1. The van der Waals surface area contributed by atoms with E-state index in [2.05, 4.69) is 5.32 Å². The number of benzene rings is 2. The van der Waals surface area contributed by atoms with Crippen LogP contribution in [0, 0.1) is 5.41 Å². The summed E-state index contributed by atoms with van der Waals surface area (Å²) in [4.78, 5) is 37.6. The van der Waals surface area contributed by atoms with E-state index < -0.39 is 30.0 Å². The molecule has 2 amide bonds. The highest BCUT2D eigenvalue weighted by Gasteiger charge is 2.39. The van der Waals surface area contributed by atoms with E-state index in [4.69, 9.17) is 21.0 Å². The van der Waals surface area contributed by atoms with E-state index >= 15 is 0 Å². The number of anilines is 2. The van der Waals surface area contributed by atoms with Crippen molar-refractivity contribution in [3.05, 3.63) is 59.7 Å². The van der Waals surface area contributed by atoms with Crippen molar-refractivity contribution in [1.29, 1.82) is 5.41 Å². The highest BCUT2D eigenvalue weighted by molar-refractivity contribution is 6.04. The summed E-state index contributed by atoms with van der Waals surface area (Å²) in [5.41, 5.74) is 7.21. The van der Waals surface area contributed by atoms with Crippen molar-refractivity contribution in [2.45, 2.75) is 18.6 Å². The molecule has 1 fully saturated rings. The second-order valence-electron chi connectivity index (χ2n) is 6.95. The fourth-order valence-electron chi connectivity index (χ4n) is 3.18. The Kier molecular flexibility index (Phi) is 6.63. The summed E-state index contributed by atoms with van der Waals surface area (Å²) in [6, 6.07) is 12.6. The van der Waals surface area contributed by atoms with Crippen molar-refractivity contribution in [2.24, 2.45) is 5.73 Å². The minimum absolute atomic E-state index is 0.0945. The lowest BCUT2D eigenvalue weighted by Gasteiger charge is -2.34. The quantitative estimate of drug-likeness (QED) is 0.314. The number of hydrogen-bond donors (Lipinski definition) is 5. The summed E-state index contributed by atoms with van der Waals surface area (Å²) < 4.78 is 5.37. The van der Waals surface area contributed by atoms with Crippen LogP contribution >= 0.6 is 0 Å². The van der Waals surface area contributed by atoms with E-state index in [-0.39, 0.29) is 25.4 Å². The minimum atomic E-state index is -1.76. The summed E-state index contributed by atoms with van der Waals surface area (Å²) in [6.45, 7) is 0.296. The molecule has 1 aliphatic rings. The van der Waals surface area contributed by atoms with Gasteiger partial charge in [-0.1, -0.05) is 12.1 Å². The van der Waals surface area contributed by atoms with Gasteiger partial charge in [-0.2, -0.15) is 0 Å². The van der Waals surface area contributed by atoms with Gasteiger partial charge in [0.2, 0.25) is 0 Å². The Labute approximate surface area is 177 Å². The molecular formula is C21H22N4O6. The average Bonchev–Trinajstić information content (AvgIpc) is 2.73. The van der Waals surface area contributed by atoms with Crippen molar-refractivity contribution >= 4 is 35.0 Å². The van der Waals surface area contributed by atoms with Crippen LogP contribution in [0.1, 0.15) is 11.1 Å². The third-order valence-corrected chi connectivity index (χ3v) is 4.72. The van der Waals surface area contributed by atoms with Gasteiger partial charge in [0.05, 0.1) is 13.0 Å². The molecule has 0 aliphatic carbocycles. The predicted molar refractivity (Wildman–Crippen MR) is 112 cm³/mol. The third-order valence-electron chi connectivity index (χ3n) is 4.72. The Morgan fingerprint density at radius 2 is 1.97 bits per heavy atom. The summed E-state index contributed by atoms with van der Waals surface area (Å²) in [5, 5.41) is 29.3. The van der Waals surface area contributed by atoms with Crippen LogP contribution in [0.25, 0.3) is 0 Å². The lowest BCUT2D eigenvalue weighted by atomic mass is 10.1. The van der Waals surface area contributed by atoms with Crippen LogP contribution in [0.3, 0.4) is 0 Å². The molecule has 0 radical (unpaired) electrons. The fourth-order valence-corrected chi connectivity index (χ4v) is 3.18. The van der Waals surface area contributed by atoms with Gasteiger partial charge in [-0.15, -0.1) is 0 Å². The van der Waals surface area contributed by atoms with Crippen LogP contribution < -0.4 is 16.0 Å². The number of nitrogens with zero attached hydrogens (tertiary/aromatic N) is 1. The molecule has 0 saturated carbocycles. The number of morpholine rings is 1. The number of amidine groups is 1. The van der Waals surface area contributed by atoms with Gasteiger partial charge in [0.1, 0.15) is 5.84 Å². The molecule has 10 heteroatoms. The number of nitrogens with one attached hydrogen (secondary N) is 2. The van der Waals surface area contributed by atoms with Gasteiger partial charge in [-0.3, -0.25) is 19.8 Å². The average molecular weight is 426 g/mol. The van der Waals surface area contributed by atoms with Crippen molar-refractivity contribution in [1.82, 2.24) is 0 Å². The first-order valence-electron chi connectivity index (χ1n) is 9.43. The number of carboxylic acids is 1. The monoisotopic (exact) mass is 426 g/mol. The topological polar surface area (TPSA) is 166 Å². The number of ether oxygens (including phenoxy) is 1. The van der Waals surface area contributed by atoms with Crippen molar-refractivity contribution in [2.75, 3.05) is 23.4 Å². The van der Waals surface area contributed by atoms with Crippen LogP contribution in [0.2, 0.25) is 0 Å². The zero-order valence-electron chi connectivity index (χ0n) is 16.4. The Morgan fingerprint density at radius 1 is 1.26 bits per heavy atom. The molecule has 3 rings (SSSR count). The van der Waals surface area contributed by atoms with Crippen molar-refractivity contribution < 1.29 is 29.3 Å². The van der Waals surface area contributed by atoms with Gasteiger partial charge in [0.15, 0.2) is 12.2 Å². The number of carbonyl (C=O) groups excluding carboxylic acids is 2. The highest BCUT2D eigenvalue weighted by atomic mass is 16.5. The Bertz CT molecular complexity index is 1010. The molecule has 10 nitrogen and oxygen atoms in total. The van der Waals surface area contributed by atoms with Crippen molar-refractivity contribution in [3.63, 3.8) is 0 Å². The number of aliphatic carboxylic acids is 1. The van der Waals surface area contributed by atoms with Gasteiger partial charge in [0.25, 0.3) is 11.8 Å². The Morgan fingerprint density at radius 3 is 2.61 bits per heavy atom. The molecule has 162 valence electrons. The first-order valence-corrected chi connectivity index (χ1v) is 9.43. The molecule has 2 aromatic carbocycles. The van der Waals surface area contributed by atoms with Crippen LogP contribution in [-0.4, -0.2) is 59.2 Å². The fraction of sp³-hybridized carbons (Fsp3) is 0.238. The maximum Gasteiger partial charge on any atom is 0.307 e. The number of hydrogen-bond acceptors (Lipinski definition) is 6. The number of rotatable bonds is 7. The van der Waals surface area contributed by atoms with E-state index in [1.807, 2.05) is 0 Å². The second-order valence-corrected chi connectivity index (χ2v) is 6.95. The zero-order valence-corrected chi connectivity index (χ0v) is 16.4. The highest BCUT2D eigenvalue weighted by Crippen LogP contribution is 2.22. The molecule has 2 aromatic rings. The number of aliphatic hydroxyl groups excluding tert-OH is 1. The maximum atomic E-state index is 12.9. The molecule has 2 atom stereocenters. The Balaban J connectivity index is 1.70. The maximum absolute atomic E-state index is 12.9. The number of nitrogen functional groups attached to an aromatic ring is 1. The van der Waals surface area contributed by atoms with E-state index in [0.29, 0.717) is 22.5 Å². The molecule has 0 bridgehead atoms. The lowest BCUT2D eigenvalue weighted by molar-refractivity contribution is -0.150. The lowest BCUT2D eigenvalue weighted by Crippen LogP contribution is -2.55. The third kappa shape index (κ3) is 5.24. The molecule has 31 heavy (non-hydrogen) atoms. The summed E-state index contributed by atoms with van der Waals surface area (Å²) in [5.74, 6) is -2.54. The van der Waals surface area contributed by atoms with E-state index in [0.717, 1.165) is 0 Å². The molecule has 0 aromatic heterocycles. The van der Waals surface area contributed by atoms with Crippen LogP contribution in [0.4, 0.5) is 11.4 Å². The summed E-state index contributed by atoms with van der Waals surface area (Å²) in [7, 11) is 0. The largest absolute Gasteiger partial charge is 0.481 e. The summed E-state index contributed by atoms with van der Waals surface area (Å²) >= 11 is 0. The molecule has 1 aliphatic heterocycles. The number of aliphatic hydroxyl groups is 1. The molecule has 1 saturated heterocycles. The van der Waals surface area contributed by atoms with E-state index in [1.165, 1.54) is 17.0 Å². The van der Waals surface area contributed by atoms with Gasteiger partial charge in [-0.25, -0.2) is 0 Å². The van der Waals surface area contributed by atoms with E-state index in [9.17, 15) is 19.5 Å². The number of nitrogens with two attached hydrogens (primary N) is 1. The van der Waals surface area contributed by atoms with Gasteiger partial charge in [-0.05, 0) is 42.0 Å². The zero-order chi connectivity index (χ0) is 22.5. The van der Waals surface area contributed by atoms with Crippen LogP contribution in [-0.2, 0) is 25.5 Å². The van der Waals surface area contributed by atoms with Gasteiger partial charge < -0.3 is 30.9 Å². The van der Waals surface area contributed by atoms with Gasteiger partial charge in [0, 0.05) is 23.5 Å². The van der Waals surface area contributed by atoms with Crippen LogP contribution in [0.5, 0.6) is 0 Å².